The fourth-order valence-corrected chi connectivity index (χ4v) is 1.83. The lowest BCUT2D eigenvalue weighted by Crippen LogP contribution is -2.49. The molecular formula is C11H20N2O3. The predicted molar refractivity (Wildman–Crippen MR) is 60.2 cm³/mol. The van der Waals surface area contributed by atoms with E-state index in [1.165, 1.54) is 0 Å². The van der Waals surface area contributed by atoms with Crippen LogP contribution in [0.1, 0.15) is 33.1 Å². The maximum Gasteiger partial charge on any atom is 0.326 e. The predicted octanol–water partition coefficient (Wildman–Crippen LogP) is 1.29. The molecule has 0 spiro atoms. The molecule has 0 bridgehead atoms. The summed E-state index contributed by atoms with van der Waals surface area (Å²) in [5, 5.41) is 11.6. The van der Waals surface area contributed by atoms with Gasteiger partial charge in [-0.1, -0.05) is 20.3 Å². The topological polar surface area (TPSA) is 69.6 Å². The van der Waals surface area contributed by atoms with E-state index in [9.17, 15) is 9.59 Å². The van der Waals surface area contributed by atoms with Crippen LogP contribution in [-0.2, 0) is 4.79 Å². The number of aliphatic carboxylic acids is 1. The molecule has 2 N–H and O–H groups in total. The van der Waals surface area contributed by atoms with Gasteiger partial charge in [-0.05, 0) is 18.8 Å². The van der Waals surface area contributed by atoms with Crippen molar-refractivity contribution in [2.24, 2.45) is 5.92 Å². The lowest BCUT2D eigenvalue weighted by atomic mass is 9.99. The Morgan fingerprint density at radius 2 is 1.94 bits per heavy atom. The summed E-state index contributed by atoms with van der Waals surface area (Å²) in [5.41, 5.74) is 0. The van der Waals surface area contributed by atoms with Crippen molar-refractivity contribution in [1.29, 1.82) is 0 Å². The van der Waals surface area contributed by atoms with E-state index in [1.807, 2.05) is 13.8 Å². The molecule has 2 atom stereocenters. The molecule has 0 unspecified atom stereocenters. The Balaban J connectivity index is 2.53. The van der Waals surface area contributed by atoms with Gasteiger partial charge in [0, 0.05) is 13.1 Å². The minimum Gasteiger partial charge on any atom is -0.480 e. The SMILES string of the molecule is CC[C@@H](C)[C@@H](NC(=O)N1CCCC1)C(=O)O. The van der Waals surface area contributed by atoms with E-state index in [2.05, 4.69) is 5.32 Å². The van der Waals surface area contributed by atoms with Crippen LogP contribution in [0, 0.1) is 5.92 Å². The van der Waals surface area contributed by atoms with Gasteiger partial charge in [0.15, 0.2) is 0 Å². The average Bonchev–Trinajstić information content (AvgIpc) is 2.77. The molecule has 0 aromatic heterocycles. The Labute approximate surface area is 95.8 Å². The van der Waals surface area contributed by atoms with Gasteiger partial charge in [0.25, 0.3) is 0 Å². The lowest BCUT2D eigenvalue weighted by molar-refractivity contribution is -0.140. The van der Waals surface area contributed by atoms with Crippen molar-refractivity contribution in [3.63, 3.8) is 0 Å². The highest BCUT2D eigenvalue weighted by Crippen LogP contribution is 2.11. The molecule has 1 saturated heterocycles. The van der Waals surface area contributed by atoms with Crippen LogP contribution in [0.15, 0.2) is 0 Å². The summed E-state index contributed by atoms with van der Waals surface area (Å²) in [4.78, 5) is 24.4. The largest absolute Gasteiger partial charge is 0.480 e. The zero-order chi connectivity index (χ0) is 12.1. The highest BCUT2D eigenvalue weighted by molar-refractivity contribution is 5.82. The summed E-state index contributed by atoms with van der Waals surface area (Å²) < 4.78 is 0. The zero-order valence-corrected chi connectivity index (χ0v) is 9.90. The third-order valence-electron chi connectivity index (χ3n) is 3.15. The van der Waals surface area contributed by atoms with E-state index < -0.39 is 12.0 Å². The number of carboxylic acid groups (broad SMARTS) is 1. The van der Waals surface area contributed by atoms with Crippen LogP contribution in [0.3, 0.4) is 0 Å². The van der Waals surface area contributed by atoms with Crippen molar-refractivity contribution < 1.29 is 14.7 Å². The summed E-state index contributed by atoms with van der Waals surface area (Å²) in [6.07, 6.45) is 2.75. The molecule has 5 nitrogen and oxygen atoms in total. The first-order chi connectivity index (χ1) is 7.56. The molecule has 0 saturated carbocycles. The Kier molecular flexibility index (Phi) is 4.58. The van der Waals surface area contributed by atoms with E-state index in [-0.39, 0.29) is 11.9 Å². The number of likely N-dealkylation sites (tertiary alicyclic amines) is 1. The number of amides is 2. The van der Waals surface area contributed by atoms with E-state index in [1.54, 1.807) is 4.90 Å². The van der Waals surface area contributed by atoms with Gasteiger partial charge in [0.2, 0.25) is 0 Å². The number of nitrogens with one attached hydrogen (secondary N) is 1. The van der Waals surface area contributed by atoms with E-state index in [0.717, 1.165) is 32.4 Å². The second kappa shape index (κ2) is 5.72. The number of carbonyl (C=O) groups excluding carboxylic acids is 1. The molecule has 1 rings (SSSR count). The van der Waals surface area contributed by atoms with Crippen LogP contribution < -0.4 is 5.32 Å². The van der Waals surface area contributed by atoms with Gasteiger partial charge in [-0.3, -0.25) is 0 Å². The molecule has 0 aliphatic carbocycles. The number of rotatable bonds is 4. The maximum absolute atomic E-state index is 11.7. The van der Waals surface area contributed by atoms with E-state index in [0.29, 0.717) is 0 Å². The van der Waals surface area contributed by atoms with Crippen LogP contribution in [0.5, 0.6) is 0 Å². The standard InChI is InChI=1S/C11H20N2O3/c1-3-8(2)9(10(14)15)12-11(16)13-6-4-5-7-13/h8-9H,3-7H2,1-2H3,(H,12,16)(H,14,15)/t8-,9-/m1/s1. The lowest BCUT2D eigenvalue weighted by Gasteiger charge is -2.23. The highest BCUT2D eigenvalue weighted by atomic mass is 16.4. The van der Waals surface area contributed by atoms with Crippen LogP contribution in [-0.4, -0.2) is 41.1 Å². The molecule has 1 heterocycles. The third kappa shape index (κ3) is 3.12. The summed E-state index contributed by atoms with van der Waals surface area (Å²) >= 11 is 0. The molecule has 1 aliphatic heterocycles. The second-order valence-electron chi connectivity index (χ2n) is 4.35. The van der Waals surface area contributed by atoms with E-state index in [4.69, 9.17) is 5.11 Å². The van der Waals surface area contributed by atoms with Crippen molar-refractivity contribution in [3.8, 4) is 0 Å². The molecule has 1 aliphatic rings. The van der Waals surface area contributed by atoms with Gasteiger partial charge in [-0.25, -0.2) is 9.59 Å². The first-order valence-corrected chi connectivity index (χ1v) is 5.84. The number of hydrogen-bond acceptors (Lipinski definition) is 2. The van der Waals surface area contributed by atoms with Crippen LogP contribution in [0.4, 0.5) is 4.79 Å². The van der Waals surface area contributed by atoms with E-state index >= 15 is 0 Å². The van der Waals surface area contributed by atoms with Crippen molar-refractivity contribution in [2.45, 2.75) is 39.2 Å². The minimum absolute atomic E-state index is 0.0518. The molecule has 0 aromatic carbocycles. The van der Waals surface area contributed by atoms with Crippen LogP contribution in [0.2, 0.25) is 0 Å². The Morgan fingerprint density at radius 1 is 1.38 bits per heavy atom. The smallest absolute Gasteiger partial charge is 0.326 e. The van der Waals surface area contributed by atoms with Gasteiger partial charge >= 0.3 is 12.0 Å². The Hall–Kier alpha value is -1.26. The summed E-state index contributed by atoms with van der Waals surface area (Å²) in [7, 11) is 0. The van der Waals surface area contributed by atoms with Gasteiger partial charge in [0.05, 0.1) is 0 Å². The van der Waals surface area contributed by atoms with Gasteiger partial charge < -0.3 is 15.3 Å². The van der Waals surface area contributed by atoms with Crippen LogP contribution in [0.25, 0.3) is 0 Å². The third-order valence-corrected chi connectivity index (χ3v) is 3.15. The second-order valence-corrected chi connectivity index (χ2v) is 4.35. The Morgan fingerprint density at radius 3 is 2.38 bits per heavy atom. The molecule has 0 radical (unpaired) electrons. The molecule has 0 aromatic rings. The number of carboxylic acids is 1. The van der Waals surface area contributed by atoms with Crippen molar-refractivity contribution in [3.05, 3.63) is 0 Å². The van der Waals surface area contributed by atoms with Crippen molar-refractivity contribution >= 4 is 12.0 Å². The number of nitrogens with zero attached hydrogens (tertiary/aromatic N) is 1. The minimum atomic E-state index is -0.957. The van der Waals surface area contributed by atoms with Crippen molar-refractivity contribution in [2.75, 3.05) is 13.1 Å². The molecule has 92 valence electrons. The fraction of sp³-hybridized carbons (Fsp3) is 0.818. The first-order valence-electron chi connectivity index (χ1n) is 5.84. The number of hydrogen-bond donors (Lipinski definition) is 2. The molecule has 1 fully saturated rings. The number of urea groups is 1. The molecule has 5 heteroatoms. The first kappa shape index (κ1) is 12.8. The maximum atomic E-state index is 11.7. The van der Waals surface area contributed by atoms with Crippen molar-refractivity contribution in [1.82, 2.24) is 10.2 Å². The zero-order valence-electron chi connectivity index (χ0n) is 9.90. The average molecular weight is 228 g/mol. The van der Waals surface area contributed by atoms with Gasteiger partial charge in [-0.2, -0.15) is 0 Å². The summed E-state index contributed by atoms with van der Waals surface area (Å²) in [6.45, 7) is 5.23. The highest BCUT2D eigenvalue weighted by Gasteiger charge is 2.28. The monoisotopic (exact) mass is 228 g/mol. The molecular weight excluding hydrogens is 208 g/mol. The van der Waals surface area contributed by atoms with Gasteiger partial charge in [-0.15, -0.1) is 0 Å². The summed E-state index contributed by atoms with van der Waals surface area (Å²) in [5.74, 6) is -1.01. The molecule has 16 heavy (non-hydrogen) atoms. The fourth-order valence-electron chi connectivity index (χ4n) is 1.83. The van der Waals surface area contributed by atoms with Crippen LogP contribution >= 0.6 is 0 Å². The Bertz CT molecular complexity index is 262. The molecule has 2 amide bonds. The quantitative estimate of drug-likeness (QED) is 0.761. The van der Waals surface area contributed by atoms with Gasteiger partial charge in [0.1, 0.15) is 6.04 Å². The summed E-state index contributed by atoms with van der Waals surface area (Å²) in [6, 6.07) is -1.02. The number of carbonyl (C=O) groups is 2. The normalized spacial score (nSPS) is 19.2.